The summed E-state index contributed by atoms with van der Waals surface area (Å²) in [4.78, 5) is 19.6. The number of aryl methyl sites for hydroxylation is 1. The summed E-state index contributed by atoms with van der Waals surface area (Å²) in [6, 6.07) is 16.6. The molecular formula is C24H33N3O2. The molecule has 1 fully saturated rings. The van der Waals surface area contributed by atoms with Gasteiger partial charge in [-0.15, -0.1) is 0 Å². The van der Waals surface area contributed by atoms with Crippen LogP contribution >= 0.6 is 0 Å². The summed E-state index contributed by atoms with van der Waals surface area (Å²) in [6.45, 7) is 9.76. The van der Waals surface area contributed by atoms with Gasteiger partial charge in [-0.1, -0.05) is 48.9 Å². The zero-order valence-corrected chi connectivity index (χ0v) is 17.9. The van der Waals surface area contributed by atoms with Crippen LogP contribution in [0.25, 0.3) is 0 Å². The molecule has 1 heterocycles. The lowest BCUT2D eigenvalue weighted by Gasteiger charge is -2.37. The lowest BCUT2D eigenvalue weighted by Crippen LogP contribution is -2.50. The highest BCUT2D eigenvalue weighted by Gasteiger charge is 2.23. The van der Waals surface area contributed by atoms with E-state index in [9.17, 15) is 4.79 Å². The molecule has 2 aromatic carbocycles. The zero-order chi connectivity index (χ0) is 20.6. The van der Waals surface area contributed by atoms with Crippen molar-refractivity contribution in [1.29, 1.82) is 0 Å². The van der Waals surface area contributed by atoms with Crippen LogP contribution in [0.15, 0.2) is 48.5 Å². The Balaban J connectivity index is 1.55. The van der Waals surface area contributed by atoms with Gasteiger partial charge in [0, 0.05) is 39.3 Å². The quantitative estimate of drug-likeness (QED) is 0.685. The molecule has 0 unspecified atom stereocenters. The number of hydrogen-bond donors (Lipinski definition) is 0. The third kappa shape index (κ3) is 5.73. The van der Waals surface area contributed by atoms with E-state index in [-0.39, 0.29) is 5.91 Å². The Bertz CT molecular complexity index is 783. The number of methoxy groups -OCH3 is 1. The summed E-state index contributed by atoms with van der Waals surface area (Å²) in [5, 5.41) is 0. The van der Waals surface area contributed by atoms with E-state index in [1.807, 2.05) is 23.1 Å². The Morgan fingerprint density at radius 2 is 1.72 bits per heavy atom. The van der Waals surface area contributed by atoms with E-state index in [0.29, 0.717) is 13.1 Å². The van der Waals surface area contributed by atoms with Crippen LogP contribution in [0.2, 0.25) is 0 Å². The van der Waals surface area contributed by atoms with Gasteiger partial charge in [0.25, 0.3) is 0 Å². The van der Waals surface area contributed by atoms with Crippen molar-refractivity contribution in [3.05, 3.63) is 59.7 Å². The molecule has 156 valence electrons. The summed E-state index contributed by atoms with van der Waals surface area (Å²) in [5.74, 6) is 1.13. The first kappa shape index (κ1) is 21.2. The number of hydrogen-bond acceptors (Lipinski definition) is 4. The fraction of sp³-hybridized carbons (Fsp3) is 0.458. The molecule has 0 saturated carbocycles. The topological polar surface area (TPSA) is 36.0 Å². The average molecular weight is 396 g/mol. The van der Waals surface area contributed by atoms with Gasteiger partial charge in [-0.2, -0.15) is 0 Å². The highest BCUT2D eigenvalue weighted by atomic mass is 16.5. The standard InChI is InChI=1S/C24H33N3O2/c1-4-13-27(18-21-11-9-20(2)10-12-21)24(28)19-25-14-16-26(17-15-25)22-7-5-6-8-23(22)29-3/h5-12H,4,13-19H2,1-3H3. The van der Waals surface area contributed by atoms with Crippen LogP contribution in [0.4, 0.5) is 5.69 Å². The summed E-state index contributed by atoms with van der Waals surface area (Å²) < 4.78 is 5.50. The number of piperazine rings is 1. The smallest absolute Gasteiger partial charge is 0.237 e. The van der Waals surface area contributed by atoms with Crippen LogP contribution in [0, 0.1) is 6.92 Å². The second-order valence-corrected chi connectivity index (χ2v) is 7.74. The molecule has 0 radical (unpaired) electrons. The monoisotopic (exact) mass is 395 g/mol. The predicted octanol–water partition coefficient (Wildman–Crippen LogP) is 3.56. The third-order valence-corrected chi connectivity index (χ3v) is 5.50. The van der Waals surface area contributed by atoms with E-state index in [4.69, 9.17) is 4.74 Å². The van der Waals surface area contributed by atoms with Gasteiger partial charge in [-0.25, -0.2) is 0 Å². The van der Waals surface area contributed by atoms with Crippen molar-refractivity contribution in [2.24, 2.45) is 0 Å². The van der Waals surface area contributed by atoms with E-state index in [0.717, 1.165) is 50.6 Å². The largest absolute Gasteiger partial charge is 0.495 e. The van der Waals surface area contributed by atoms with Crippen molar-refractivity contribution in [2.45, 2.75) is 26.8 Å². The minimum atomic E-state index is 0.221. The average Bonchev–Trinajstić information content (AvgIpc) is 2.75. The number of ether oxygens (including phenoxy) is 1. The van der Waals surface area contributed by atoms with Crippen molar-refractivity contribution in [3.8, 4) is 5.75 Å². The molecule has 5 heteroatoms. The van der Waals surface area contributed by atoms with Gasteiger partial charge in [0.1, 0.15) is 5.75 Å². The van der Waals surface area contributed by atoms with Crippen LogP contribution in [-0.4, -0.2) is 62.1 Å². The molecule has 29 heavy (non-hydrogen) atoms. The SMILES string of the molecule is CCCN(Cc1ccc(C)cc1)C(=O)CN1CCN(c2ccccc2OC)CC1. The van der Waals surface area contributed by atoms with Crippen molar-refractivity contribution in [3.63, 3.8) is 0 Å². The number of nitrogens with zero attached hydrogens (tertiary/aromatic N) is 3. The second kappa shape index (κ2) is 10.3. The van der Waals surface area contributed by atoms with Gasteiger partial charge in [-0.3, -0.25) is 9.69 Å². The van der Waals surface area contributed by atoms with Crippen molar-refractivity contribution < 1.29 is 9.53 Å². The summed E-state index contributed by atoms with van der Waals surface area (Å²) in [7, 11) is 1.71. The van der Waals surface area contributed by atoms with Crippen LogP contribution in [0.1, 0.15) is 24.5 Å². The molecule has 1 amide bonds. The Morgan fingerprint density at radius 1 is 1.03 bits per heavy atom. The van der Waals surface area contributed by atoms with E-state index >= 15 is 0 Å². The van der Waals surface area contributed by atoms with Crippen molar-refractivity contribution >= 4 is 11.6 Å². The Labute approximate surface area is 174 Å². The molecule has 5 nitrogen and oxygen atoms in total. The zero-order valence-electron chi connectivity index (χ0n) is 17.9. The Morgan fingerprint density at radius 3 is 2.38 bits per heavy atom. The van der Waals surface area contributed by atoms with E-state index < -0.39 is 0 Å². The summed E-state index contributed by atoms with van der Waals surface area (Å²) in [5.41, 5.74) is 3.57. The molecule has 1 aliphatic heterocycles. The normalized spacial score (nSPS) is 14.7. The number of carbonyl (C=O) groups is 1. The molecule has 0 spiro atoms. The Kier molecular flexibility index (Phi) is 7.53. The van der Waals surface area contributed by atoms with E-state index in [1.54, 1.807) is 7.11 Å². The number of anilines is 1. The van der Waals surface area contributed by atoms with Gasteiger partial charge < -0.3 is 14.5 Å². The molecule has 1 saturated heterocycles. The van der Waals surface area contributed by atoms with Crippen molar-refractivity contribution in [1.82, 2.24) is 9.80 Å². The number of benzene rings is 2. The lowest BCUT2D eigenvalue weighted by molar-refractivity contribution is -0.133. The maximum Gasteiger partial charge on any atom is 0.237 e. The molecule has 2 aromatic rings. The Hall–Kier alpha value is -2.53. The second-order valence-electron chi connectivity index (χ2n) is 7.74. The van der Waals surface area contributed by atoms with Gasteiger partial charge in [0.15, 0.2) is 0 Å². The van der Waals surface area contributed by atoms with Gasteiger partial charge in [0.05, 0.1) is 19.3 Å². The third-order valence-electron chi connectivity index (χ3n) is 5.50. The number of amides is 1. The molecule has 0 bridgehead atoms. The van der Waals surface area contributed by atoms with Gasteiger partial charge in [-0.05, 0) is 31.0 Å². The number of para-hydroxylation sites is 2. The van der Waals surface area contributed by atoms with Gasteiger partial charge >= 0.3 is 0 Å². The first-order chi connectivity index (χ1) is 14.1. The molecule has 0 aromatic heterocycles. The van der Waals surface area contributed by atoms with Crippen LogP contribution in [-0.2, 0) is 11.3 Å². The van der Waals surface area contributed by atoms with Crippen LogP contribution in [0.5, 0.6) is 5.75 Å². The molecule has 0 atom stereocenters. The minimum absolute atomic E-state index is 0.221. The highest BCUT2D eigenvalue weighted by Crippen LogP contribution is 2.28. The van der Waals surface area contributed by atoms with Crippen molar-refractivity contribution in [2.75, 3.05) is 51.3 Å². The number of carbonyl (C=O) groups excluding carboxylic acids is 1. The van der Waals surface area contributed by atoms with Crippen LogP contribution in [0.3, 0.4) is 0 Å². The van der Waals surface area contributed by atoms with E-state index in [1.165, 1.54) is 11.1 Å². The first-order valence-corrected chi connectivity index (χ1v) is 10.5. The molecule has 1 aliphatic rings. The maximum atomic E-state index is 13.0. The minimum Gasteiger partial charge on any atom is -0.495 e. The molecular weight excluding hydrogens is 362 g/mol. The van der Waals surface area contributed by atoms with E-state index in [2.05, 4.69) is 54.0 Å². The van der Waals surface area contributed by atoms with Gasteiger partial charge in [0.2, 0.25) is 5.91 Å². The van der Waals surface area contributed by atoms with Crippen LogP contribution < -0.4 is 9.64 Å². The molecule has 0 N–H and O–H groups in total. The fourth-order valence-corrected chi connectivity index (χ4v) is 3.80. The lowest BCUT2D eigenvalue weighted by atomic mass is 10.1. The summed E-state index contributed by atoms with van der Waals surface area (Å²) >= 11 is 0. The molecule has 3 rings (SSSR count). The fourth-order valence-electron chi connectivity index (χ4n) is 3.80. The molecule has 0 aliphatic carbocycles. The first-order valence-electron chi connectivity index (χ1n) is 10.5. The highest BCUT2D eigenvalue weighted by molar-refractivity contribution is 5.78. The predicted molar refractivity (Wildman–Crippen MR) is 119 cm³/mol. The summed E-state index contributed by atoms with van der Waals surface area (Å²) in [6.07, 6.45) is 0.971. The maximum absolute atomic E-state index is 13.0. The number of rotatable bonds is 8.